The van der Waals surface area contributed by atoms with Gasteiger partial charge in [0.2, 0.25) is 0 Å². The van der Waals surface area contributed by atoms with E-state index >= 15 is 0 Å². The fourth-order valence-corrected chi connectivity index (χ4v) is 3.74. The summed E-state index contributed by atoms with van der Waals surface area (Å²) in [7, 11) is 1.31. The van der Waals surface area contributed by atoms with Gasteiger partial charge in [0.05, 0.1) is 12.9 Å². The van der Waals surface area contributed by atoms with Gasteiger partial charge in [-0.2, -0.15) is 0 Å². The lowest BCUT2D eigenvalue weighted by Crippen LogP contribution is -2.44. The van der Waals surface area contributed by atoms with Crippen molar-refractivity contribution in [1.29, 1.82) is 0 Å². The molecule has 0 fully saturated rings. The van der Waals surface area contributed by atoms with Crippen LogP contribution in [0, 0.1) is 12.8 Å². The Morgan fingerprint density at radius 1 is 1.17 bits per heavy atom. The maximum Gasteiger partial charge on any atom is 0.328 e. The monoisotopic (exact) mass is 417 g/mol. The van der Waals surface area contributed by atoms with Crippen LogP contribution in [0.2, 0.25) is 0 Å². The molecule has 158 valence electrons. The Labute approximate surface area is 177 Å². The van der Waals surface area contributed by atoms with Crippen molar-refractivity contribution in [2.75, 3.05) is 7.11 Å². The zero-order valence-electron chi connectivity index (χ0n) is 18.3. The van der Waals surface area contributed by atoms with Crippen molar-refractivity contribution in [2.24, 2.45) is 5.92 Å². The van der Waals surface area contributed by atoms with Gasteiger partial charge in [0.25, 0.3) is 5.91 Å². The summed E-state index contributed by atoms with van der Waals surface area (Å²) in [4.78, 5) is 25.5. The number of nitrogens with one attached hydrogen (secondary N) is 1. The van der Waals surface area contributed by atoms with Gasteiger partial charge in [0.15, 0.2) is 5.76 Å². The van der Waals surface area contributed by atoms with Gasteiger partial charge in [-0.05, 0) is 47.6 Å². The van der Waals surface area contributed by atoms with Crippen molar-refractivity contribution in [3.05, 3.63) is 53.0 Å². The van der Waals surface area contributed by atoms with Crippen molar-refractivity contribution in [1.82, 2.24) is 5.32 Å². The summed E-state index contributed by atoms with van der Waals surface area (Å²) in [5.41, 5.74) is 2.59. The number of ether oxygens (including phenoxy) is 1. The lowest BCUT2D eigenvalue weighted by Gasteiger charge is -2.20. The van der Waals surface area contributed by atoms with E-state index in [1.165, 1.54) is 23.1 Å². The first-order valence-electron chi connectivity index (χ1n) is 9.74. The number of aryl methyl sites for hydroxylation is 1. The van der Waals surface area contributed by atoms with E-state index in [0.29, 0.717) is 11.5 Å². The molecule has 1 aromatic carbocycles. The molecule has 0 aliphatic heterocycles. The summed E-state index contributed by atoms with van der Waals surface area (Å²) >= 11 is 1.68. The lowest BCUT2D eigenvalue weighted by atomic mass is 9.87. The van der Waals surface area contributed by atoms with Crippen LogP contribution in [0.1, 0.15) is 62.1 Å². The topological polar surface area (TPSA) is 68.5 Å². The maximum absolute atomic E-state index is 12.5. The molecule has 1 heterocycles. The van der Waals surface area contributed by atoms with Crippen LogP contribution in [0.5, 0.6) is 0 Å². The molecule has 0 saturated carbocycles. The molecule has 0 bridgehead atoms. The first-order valence-corrected chi connectivity index (χ1v) is 10.7. The third-order valence-electron chi connectivity index (χ3n) is 4.72. The van der Waals surface area contributed by atoms with Crippen molar-refractivity contribution >= 4 is 23.6 Å². The van der Waals surface area contributed by atoms with Crippen LogP contribution in [-0.2, 0) is 20.7 Å². The number of rotatable bonds is 7. The minimum Gasteiger partial charge on any atom is -0.467 e. The summed E-state index contributed by atoms with van der Waals surface area (Å²) in [5, 5.41) is 2.69. The molecule has 0 aliphatic carbocycles. The zero-order chi connectivity index (χ0) is 21.8. The summed E-state index contributed by atoms with van der Waals surface area (Å²) in [6.07, 6.45) is 0. The average Bonchev–Trinajstić information content (AvgIpc) is 3.12. The Morgan fingerprint density at radius 2 is 1.86 bits per heavy atom. The van der Waals surface area contributed by atoms with E-state index < -0.39 is 17.9 Å². The molecule has 1 atom stereocenters. The van der Waals surface area contributed by atoms with Crippen LogP contribution in [0.3, 0.4) is 0 Å². The van der Waals surface area contributed by atoms with Crippen molar-refractivity contribution in [2.45, 2.75) is 63.6 Å². The highest BCUT2D eigenvalue weighted by Crippen LogP contribution is 2.31. The summed E-state index contributed by atoms with van der Waals surface area (Å²) < 4.78 is 10.5. The van der Waals surface area contributed by atoms with Gasteiger partial charge in [-0.1, -0.05) is 46.8 Å². The molecular weight excluding hydrogens is 386 g/mol. The van der Waals surface area contributed by atoms with E-state index in [2.05, 4.69) is 51.2 Å². The van der Waals surface area contributed by atoms with Crippen LogP contribution < -0.4 is 5.32 Å². The number of methoxy groups -OCH3 is 1. The van der Waals surface area contributed by atoms with Gasteiger partial charge in [0, 0.05) is 4.90 Å². The highest BCUT2D eigenvalue weighted by atomic mass is 32.2. The number of furan rings is 1. The second-order valence-electron chi connectivity index (χ2n) is 8.50. The quantitative estimate of drug-likeness (QED) is 0.501. The van der Waals surface area contributed by atoms with Crippen LogP contribution in [-0.4, -0.2) is 25.0 Å². The number of amides is 1. The molecule has 0 aliphatic rings. The molecule has 2 rings (SSSR count). The first-order chi connectivity index (χ1) is 13.5. The second-order valence-corrected chi connectivity index (χ2v) is 9.52. The van der Waals surface area contributed by atoms with Gasteiger partial charge < -0.3 is 14.5 Å². The van der Waals surface area contributed by atoms with Gasteiger partial charge in [-0.25, -0.2) is 4.79 Å². The molecule has 1 aromatic heterocycles. The molecular formula is C23H31NO4S. The molecule has 2 aromatic rings. The Bertz CT molecular complexity index is 864. The molecule has 1 unspecified atom stereocenters. The molecule has 1 amide bonds. The standard InChI is InChI=1S/C23H31NO4S/c1-14(2)20(22(26)27-7)24-21(25)18-11-10-17(28-18)13-29-19-12-16(23(4,5)6)9-8-15(19)3/h8-12,14,20H,13H2,1-7H3,(H,24,25). The number of carbonyl (C=O) groups is 2. The molecule has 0 saturated heterocycles. The van der Waals surface area contributed by atoms with Crippen LogP contribution >= 0.6 is 11.8 Å². The number of hydrogen-bond acceptors (Lipinski definition) is 5. The average molecular weight is 418 g/mol. The highest BCUT2D eigenvalue weighted by molar-refractivity contribution is 7.98. The SMILES string of the molecule is COC(=O)C(NC(=O)c1ccc(CSc2cc(C(C)(C)C)ccc2C)o1)C(C)C. The highest BCUT2D eigenvalue weighted by Gasteiger charge is 2.26. The number of carbonyl (C=O) groups excluding carboxylic acids is 2. The number of esters is 1. The summed E-state index contributed by atoms with van der Waals surface area (Å²) in [5.74, 6) is 0.539. The Hall–Kier alpha value is -2.21. The van der Waals surface area contributed by atoms with Crippen LogP contribution in [0.15, 0.2) is 39.6 Å². The van der Waals surface area contributed by atoms with Crippen molar-refractivity contribution in [3.63, 3.8) is 0 Å². The smallest absolute Gasteiger partial charge is 0.328 e. The van der Waals surface area contributed by atoms with Crippen LogP contribution in [0.4, 0.5) is 0 Å². The minimum absolute atomic E-state index is 0.0885. The number of hydrogen-bond donors (Lipinski definition) is 1. The fourth-order valence-electron chi connectivity index (χ4n) is 2.79. The summed E-state index contributed by atoms with van der Waals surface area (Å²) in [6, 6.07) is 9.26. The molecule has 1 N–H and O–H groups in total. The molecule has 29 heavy (non-hydrogen) atoms. The van der Waals surface area contributed by atoms with Crippen molar-refractivity contribution < 1.29 is 18.7 Å². The predicted octanol–water partition coefficient (Wildman–Crippen LogP) is 5.11. The van der Waals surface area contributed by atoms with Crippen LogP contribution in [0.25, 0.3) is 0 Å². The fraction of sp³-hybridized carbons (Fsp3) is 0.478. The molecule has 0 radical (unpaired) electrons. The molecule has 6 heteroatoms. The van der Waals surface area contributed by atoms with Crippen molar-refractivity contribution in [3.8, 4) is 0 Å². The van der Waals surface area contributed by atoms with Gasteiger partial charge in [-0.15, -0.1) is 11.8 Å². The Balaban J connectivity index is 2.06. The third kappa shape index (κ3) is 6.13. The number of benzene rings is 1. The normalized spacial score (nSPS) is 12.7. The zero-order valence-corrected chi connectivity index (χ0v) is 19.1. The molecule has 5 nitrogen and oxygen atoms in total. The van der Waals surface area contributed by atoms with E-state index in [4.69, 9.17) is 9.15 Å². The lowest BCUT2D eigenvalue weighted by molar-refractivity contribution is -0.144. The minimum atomic E-state index is -0.710. The maximum atomic E-state index is 12.5. The van der Waals surface area contributed by atoms with E-state index in [-0.39, 0.29) is 17.1 Å². The van der Waals surface area contributed by atoms with Gasteiger partial charge in [-0.3, -0.25) is 4.79 Å². The van der Waals surface area contributed by atoms with Gasteiger partial charge in [0.1, 0.15) is 11.8 Å². The summed E-state index contributed by atoms with van der Waals surface area (Å²) in [6.45, 7) is 12.4. The second kappa shape index (κ2) is 9.53. The third-order valence-corrected chi connectivity index (χ3v) is 5.90. The Morgan fingerprint density at radius 3 is 2.45 bits per heavy atom. The van der Waals surface area contributed by atoms with E-state index in [0.717, 1.165) is 0 Å². The largest absolute Gasteiger partial charge is 0.467 e. The van der Waals surface area contributed by atoms with E-state index in [1.54, 1.807) is 23.9 Å². The van der Waals surface area contributed by atoms with E-state index in [9.17, 15) is 9.59 Å². The van der Waals surface area contributed by atoms with E-state index in [1.807, 2.05) is 13.8 Å². The van der Waals surface area contributed by atoms with Gasteiger partial charge >= 0.3 is 5.97 Å². The predicted molar refractivity (Wildman–Crippen MR) is 116 cm³/mol. The first kappa shape index (κ1) is 23.1. The number of thioether (sulfide) groups is 1. The molecule has 0 spiro atoms. The Kier molecular flexibility index (Phi) is 7.58.